The predicted octanol–water partition coefficient (Wildman–Crippen LogP) is 3.79. The van der Waals surface area contributed by atoms with Gasteiger partial charge in [0.1, 0.15) is 6.29 Å². The SMILES string of the molecule is O=CC12c3ccccc3C(c3ccccc31)[C@H]1C(=O)N(c3ccc(Cl)c(C(=O)O)c3)C(=O)[C@H]12. The van der Waals surface area contributed by atoms with E-state index in [-0.39, 0.29) is 22.2 Å². The highest BCUT2D eigenvalue weighted by Crippen LogP contribution is 2.63. The van der Waals surface area contributed by atoms with E-state index in [1.807, 2.05) is 48.5 Å². The van der Waals surface area contributed by atoms with E-state index in [0.29, 0.717) is 0 Å². The van der Waals surface area contributed by atoms with Gasteiger partial charge in [-0.25, -0.2) is 9.69 Å². The number of nitrogens with zero attached hydrogens (tertiary/aromatic N) is 1. The van der Waals surface area contributed by atoms with Gasteiger partial charge in [-0.05, 0) is 40.5 Å². The van der Waals surface area contributed by atoms with Crippen molar-refractivity contribution < 1.29 is 24.3 Å². The number of rotatable bonds is 3. The largest absolute Gasteiger partial charge is 0.478 e. The summed E-state index contributed by atoms with van der Waals surface area (Å²) >= 11 is 6.00. The average molecular weight is 458 g/mol. The van der Waals surface area contributed by atoms with Crippen LogP contribution in [0.3, 0.4) is 0 Å². The monoisotopic (exact) mass is 457 g/mol. The number of carbonyl (C=O) groups excluding carboxylic acids is 3. The van der Waals surface area contributed by atoms with Crippen LogP contribution in [0.2, 0.25) is 5.02 Å². The van der Waals surface area contributed by atoms with Crippen LogP contribution in [0.25, 0.3) is 0 Å². The standard InChI is InChI=1S/C26H16ClNO5/c27-19-10-9-13(11-16(19)25(32)33)28-23(30)21-20-14-5-1-3-7-17(14)26(12-29,22(21)24(28)31)18-8-4-2-6-15(18)20/h1-12,20-22H,(H,32,33)/t20?,21-,22+,26?/m1/s1. The van der Waals surface area contributed by atoms with Gasteiger partial charge in [-0.3, -0.25) is 9.59 Å². The number of anilines is 1. The molecule has 3 aromatic carbocycles. The van der Waals surface area contributed by atoms with Crippen molar-refractivity contribution in [3.63, 3.8) is 0 Å². The Kier molecular flexibility index (Phi) is 3.99. The van der Waals surface area contributed by atoms with Gasteiger partial charge >= 0.3 is 5.97 Å². The van der Waals surface area contributed by atoms with Crippen LogP contribution in [0.1, 0.15) is 38.5 Å². The summed E-state index contributed by atoms with van der Waals surface area (Å²) in [4.78, 5) is 53.2. The Morgan fingerprint density at radius 1 is 0.939 bits per heavy atom. The molecule has 1 N–H and O–H groups in total. The molecule has 4 aliphatic rings. The fourth-order valence-corrected chi connectivity index (χ4v) is 6.30. The van der Waals surface area contributed by atoms with Crippen LogP contribution in [0, 0.1) is 11.8 Å². The molecule has 1 aliphatic heterocycles. The summed E-state index contributed by atoms with van der Waals surface area (Å²) in [6.07, 6.45) is 0.803. The topological polar surface area (TPSA) is 91.8 Å². The van der Waals surface area contributed by atoms with Crippen molar-refractivity contribution in [1.29, 1.82) is 0 Å². The predicted molar refractivity (Wildman–Crippen MR) is 119 cm³/mol. The zero-order chi connectivity index (χ0) is 23.1. The summed E-state index contributed by atoms with van der Waals surface area (Å²) in [7, 11) is 0. The summed E-state index contributed by atoms with van der Waals surface area (Å²) in [6, 6.07) is 19.0. The normalized spacial score (nSPS) is 26.6. The molecule has 2 atom stereocenters. The molecular weight excluding hydrogens is 442 g/mol. The molecule has 2 bridgehead atoms. The van der Waals surface area contributed by atoms with E-state index in [1.165, 1.54) is 18.2 Å². The van der Waals surface area contributed by atoms with Gasteiger partial charge < -0.3 is 9.90 Å². The number of aromatic carboxylic acids is 1. The molecule has 0 unspecified atom stereocenters. The Labute approximate surface area is 193 Å². The maximum atomic E-state index is 13.9. The number of hydrogen-bond donors (Lipinski definition) is 1. The Balaban J connectivity index is 1.61. The lowest BCUT2D eigenvalue weighted by Gasteiger charge is -2.51. The van der Waals surface area contributed by atoms with Crippen LogP contribution < -0.4 is 4.90 Å². The molecule has 1 fully saturated rings. The molecule has 162 valence electrons. The van der Waals surface area contributed by atoms with E-state index >= 15 is 0 Å². The number of aldehydes is 1. The molecule has 0 saturated carbocycles. The van der Waals surface area contributed by atoms with Gasteiger partial charge in [0, 0.05) is 5.92 Å². The van der Waals surface area contributed by atoms with Gasteiger partial charge in [-0.2, -0.15) is 0 Å². The fraction of sp³-hybridized carbons (Fsp3) is 0.154. The van der Waals surface area contributed by atoms with Crippen molar-refractivity contribution in [1.82, 2.24) is 0 Å². The first-order chi connectivity index (χ1) is 15.9. The Bertz CT molecular complexity index is 1370. The summed E-state index contributed by atoms with van der Waals surface area (Å²) in [6.45, 7) is 0. The first-order valence-electron chi connectivity index (χ1n) is 10.5. The minimum atomic E-state index is -1.30. The van der Waals surface area contributed by atoms with Gasteiger partial charge in [0.25, 0.3) is 0 Å². The number of carbonyl (C=O) groups is 4. The van der Waals surface area contributed by atoms with E-state index in [1.54, 1.807) is 0 Å². The summed E-state index contributed by atoms with van der Waals surface area (Å²) in [5.41, 5.74) is 1.87. The number of amides is 2. The highest BCUT2D eigenvalue weighted by atomic mass is 35.5. The molecule has 1 heterocycles. The number of hydrogen-bond acceptors (Lipinski definition) is 4. The lowest BCUT2D eigenvalue weighted by Crippen LogP contribution is -2.54. The van der Waals surface area contributed by atoms with Crippen molar-refractivity contribution >= 4 is 41.4 Å². The van der Waals surface area contributed by atoms with Crippen molar-refractivity contribution in [2.24, 2.45) is 11.8 Å². The number of benzene rings is 3. The van der Waals surface area contributed by atoms with Crippen molar-refractivity contribution in [3.8, 4) is 0 Å². The van der Waals surface area contributed by atoms with E-state index in [2.05, 4.69) is 0 Å². The molecule has 6 nitrogen and oxygen atoms in total. The van der Waals surface area contributed by atoms with Gasteiger partial charge in [0.2, 0.25) is 11.8 Å². The van der Waals surface area contributed by atoms with Crippen LogP contribution in [-0.4, -0.2) is 29.2 Å². The summed E-state index contributed by atoms with van der Waals surface area (Å²) in [5, 5.41) is 9.47. The van der Waals surface area contributed by atoms with Crippen molar-refractivity contribution in [2.45, 2.75) is 11.3 Å². The van der Waals surface area contributed by atoms with Crippen molar-refractivity contribution in [3.05, 3.63) is 99.6 Å². The maximum absolute atomic E-state index is 13.9. The molecule has 7 heteroatoms. The highest BCUT2D eigenvalue weighted by molar-refractivity contribution is 6.34. The van der Waals surface area contributed by atoms with E-state index in [0.717, 1.165) is 33.4 Å². The summed E-state index contributed by atoms with van der Waals surface area (Å²) in [5.74, 6) is -4.27. The quantitative estimate of drug-likeness (QED) is 0.477. The first kappa shape index (κ1) is 19.9. The second-order valence-electron chi connectivity index (χ2n) is 8.62. The van der Waals surface area contributed by atoms with Gasteiger partial charge in [0.05, 0.1) is 33.5 Å². The Morgan fingerprint density at radius 2 is 1.55 bits per heavy atom. The number of halogens is 1. The molecule has 0 spiro atoms. The van der Waals surface area contributed by atoms with Gasteiger partial charge in [-0.15, -0.1) is 0 Å². The van der Waals surface area contributed by atoms with Crippen LogP contribution >= 0.6 is 11.6 Å². The molecule has 33 heavy (non-hydrogen) atoms. The molecule has 3 aromatic rings. The fourth-order valence-electron chi connectivity index (χ4n) is 6.10. The maximum Gasteiger partial charge on any atom is 0.337 e. The number of carboxylic acid groups (broad SMARTS) is 1. The minimum Gasteiger partial charge on any atom is -0.478 e. The van der Waals surface area contributed by atoms with Crippen LogP contribution in [0.5, 0.6) is 0 Å². The van der Waals surface area contributed by atoms with E-state index in [9.17, 15) is 24.3 Å². The van der Waals surface area contributed by atoms with E-state index in [4.69, 9.17) is 11.6 Å². The van der Waals surface area contributed by atoms with Crippen LogP contribution in [0.4, 0.5) is 5.69 Å². The second kappa shape index (κ2) is 6.62. The zero-order valence-electron chi connectivity index (χ0n) is 17.1. The Hall–Kier alpha value is -3.77. The minimum absolute atomic E-state index is 0.00648. The average Bonchev–Trinajstić information content (AvgIpc) is 3.10. The van der Waals surface area contributed by atoms with Crippen LogP contribution in [0.15, 0.2) is 66.7 Å². The molecule has 0 aromatic heterocycles. The van der Waals surface area contributed by atoms with Crippen LogP contribution in [-0.2, 0) is 19.8 Å². The molecule has 3 aliphatic carbocycles. The van der Waals surface area contributed by atoms with Gasteiger partial charge in [-0.1, -0.05) is 60.1 Å². The smallest absolute Gasteiger partial charge is 0.337 e. The number of carboxylic acids is 1. The molecule has 2 amide bonds. The van der Waals surface area contributed by atoms with Gasteiger partial charge in [0.15, 0.2) is 0 Å². The molecular formula is C26H16ClNO5. The number of imide groups is 1. The summed E-state index contributed by atoms with van der Waals surface area (Å²) < 4.78 is 0. The lowest BCUT2D eigenvalue weighted by atomic mass is 9.48. The molecule has 0 radical (unpaired) electrons. The van der Waals surface area contributed by atoms with E-state index < -0.39 is 35.0 Å². The first-order valence-corrected chi connectivity index (χ1v) is 10.9. The highest BCUT2D eigenvalue weighted by Gasteiger charge is 2.68. The lowest BCUT2D eigenvalue weighted by molar-refractivity contribution is -0.128. The molecule has 1 saturated heterocycles. The Morgan fingerprint density at radius 3 is 2.12 bits per heavy atom. The second-order valence-corrected chi connectivity index (χ2v) is 9.03. The third kappa shape index (κ3) is 2.28. The molecule has 7 rings (SSSR count). The third-order valence-electron chi connectivity index (χ3n) is 7.31. The van der Waals surface area contributed by atoms with Crippen molar-refractivity contribution in [2.75, 3.05) is 4.90 Å². The third-order valence-corrected chi connectivity index (χ3v) is 7.64. The zero-order valence-corrected chi connectivity index (χ0v) is 17.8.